The number of aromatic amines is 2. The molecule has 14 bridgehead atoms. The minimum Gasteiger partial charge on any atom is -0.355 e. The molecule has 6 atom stereocenters. The van der Waals surface area contributed by atoms with Crippen LogP contribution in [0.25, 0.3) is 44.4 Å². The number of aromatic nitrogens is 4. The fourth-order valence-electron chi connectivity index (χ4n) is 9.32. The van der Waals surface area contributed by atoms with Crippen LogP contribution in [0, 0.1) is 23.7 Å². The van der Waals surface area contributed by atoms with E-state index < -0.39 is 58.6 Å². The molecule has 1 fully saturated rings. The number of hydrogen-bond acceptors (Lipinski definition) is 8. The van der Waals surface area contributed by atoms with Gasteiger partial charge in [-0.3, -0.25) is 28.8 Å². The molecule has 3 aromatic rings. The number of allylic oxidation sites excluding steroid dienone is 8. The molecular weight excluding hydrogens is 608 g/mol. The van der Waals surface area contributed by atoms with E-state index in [1.807, 2.05) is 30.3 Å². The summed E-state index contributed by atoms with van der Waals surface area (Å²) in [6, 6.07) is 11.2. The third-order valence-electron chi connectivity index (χ3n) is 11.4. The molecule has 10 nitrogen and oxygen atoms in total. The maximum atomic E-state index is 13.2. The van der Waals surface area contributed by atoms with Crippen molar-refractivity contribution < 1.29 is 28.8 Å². The molecule has 0 amide bonds. The third-order valence-corrected chi connectivity index (χ3v) is 11.4. The molecule has 230 valence electrons. The average Bonchev–Trinajstić information content (AvgIpc) is 3.86. The Morgan fingerprint density at radius 2 is 0.854 bits per heavy atom. The second kappa shape index (κ2) is 8.51. The minimum atomic E-state index is -0.814. The van der Waals surface area contributed by atoms with Gasteiger partial charge in [-0.2, -0.15) is 0 Å². The van der Waals surface area contributed by atoms with Crippen molar-refractivity contribution >= 4 is 79.1 Å². The Morgan fingerprint density at radius 1 is 0.458 bits per heavy atom. The zero-order valence-corrected chi connectivity index (χ0v) is 25.0. The van der Waals surface area contributed by atoms with Gasteiger partial charge in [0.15, 0.2) is 0 Å². The van der Waals surface area contributed by atoms with Crippen LogP contribution in [0.2, 0.25) is 0 Å². The summed E-state index contributed by atoms with van der Waals surface area (Å²) in [5.74, 6) is -6.94. The van der Waals surface area contributed by atoms with E-state index in [9.17, 15) is 28.8 Å². The van der Waals surface area contributed by atoms with E-state index in [1.165, 1.54) is 0 Å². The number of rotatable bonds is 0. The number of ketones is 6. The van der Waals surface area contributed by atoms with E-state index in [1.54, 1.807) is 30.4 Å². The topological polar surface area (TPSA) is 160 Å². The van der Waals surface area contributed by atoms with E-state index in [4.69, 9.17) is 9.97 Å². The monoisotopic (exact) mass is 630 g/mol. The molecule has 4 unspecified atom stereocenters. The van der Waals surface area contributed by atoms with E-state index >= 15 is 0 Å². The van der Waals surface area contributed by atoms with Gasteiger partial charge in [-0.25, -0.2) is 9.97 Å². The molecule has 10 heteroatoms. The Labute approximate surface area is 270 Å². The zero-order valence-electron chi connectivity index (χ0n) is 25.0. The van der Waals surface area contributed by atoms with Crippen LogP contribution in [-0.2, 0) is 28.8 Å². The SMILES string of the molecule is O=C1C(=O)[C@@H]2C=CC1C1=C2c2cc3ccc(cc4[nH]c(cc5nc(cc1n2)C1=C5[C@H]2C=CC1C(=O)C2=O)c1c4C2CCC1C(=O)C2=O)[nH]3. The molecule has 5 heterocycles. The number of H-pyrrole nitrogens is 2. The lowest BCUT2D eigenvalue weighted by Gasteiger charge is -2.33. The van der Waals surface area contributed by atoms with E-state index in [-0.39, 0.29) is 11.6 Å². The first kappa shape index (κ1) is 26.2. The van der Waals surface area contributed by atoms with Crippen molar-refractivity contribution in [2.45, 2.75) is 24.7 Å². The summed E-state index contributed by atoms with van der Waals surface area (Å²) in [6.07, 6.45) is 8.19. The summed E-state index contributed by atoms with van der Waals surface area (Å²) in [4.78, 5) is 95.9. The molecule has 0 spiro atoms. The second-order valence-electron chi connectivity index (χ2n) is 13.7. The van der Waals surface area contributed by atoms with Crippen molar-refractivity contribution in [1.29, 1.82) is 0 Å². The largest absolute Gasteiger partial charge is 0.355 e. The lowest BCUT2D eigenvalue weighted by molar-refractivity contribution is -0.140. The fourth-order valence-corrected chi connectivity index (χ4v) is 9.32. The lowest BCUT2D eigenvalue weighted by atomic mass is 9.66. The molecule has 2 aliphatic heterocycles. The highest BCUT2D eigenvalue weighted by molar-refractivity contribution is 6.48. The number of fused-ring (bicyclic) bond motifs is 12. The highest BCUT2D eigenvalue weighted by atomic mass is 16.2. The third kappa shape index (κ3) is 3.04. The number of Topliss-reactive ketones (excluding diaryl/α,β-unsaturated/α-hetero) is 6. The van der Waals surface area contributed by atoms with Gasteiger partial charge < -0.3 is 9.97 Å². The number of carbonyl (C=O) groups is 6. The van der Waals surface area contributed by atoms with Gasteiger partial charge in [0.1, 0.15) is 0 Å². The van der Waals surface area contributed by atoms with E-state index in [0.29, 0.717) is 68.9 Å². The van der Waals surface area contributed by atoms with Crippen LogP contribution in [0.15, 0.2) is 60.7 Å². The summed E-state index contributed by atoms with van der Waals surface area (Å²) in [6.45, 7) is 0. The second-order valence-corrected chi connectivity index (χ2v) is 13.7. The first-order valence-electron chi connectivity index (χ1n) is 16.1. The highest BCUT2D eigenvalue weighted by Gasteiger charge is 2.51. The van der Waals surface area contributed by atoms with Crippen LogP contribution < -0.4 is 0 Å². The molecule has 9 aliphatic carbocycles. The van der Waals surface area contributed by atoms with Gasteiger partial charge in [0.2, 0.25) is 34.7 Å². The van der Waals surface area contributed by atoms with Crippen molar-refractivity contribution in [3.63, 3.8) is 0 Å². The summed E-state index contributed by atoms with van der Waals surface area (Å²) in [7, 11) is 0. The van der Waals surface area contributed by atoms with Crippen LogP contribution in [0.3, 0.4) is 0 Å². The molecule has 0 aromatic carbocycles. The van der Waals surface area contributed by atoms with E-state index in [0.717, 1.165) is 22.2 Å². The van der Waals surface area contributed by atoms with Gasteiger partial charge in [-0.1, -0.05) is 24.3 Å². The van der Waals surface area contributed by atoms with Gasteiger partial charge in [-0.05, 0) is 82.7 Å². The summed E-state index contributed by atoms with van der Waals surface area (Å²) in [5, 5.41) is 0. The smallest absolute Gasteiger partial charge is 0.210 e. The Hall–Kier alpha value is -5.90. The summed E-state index contributed by atoms with van der Waals surface area (Å²) < 4.78 is 0. The Kier molecular flexibility index (Phi) is 4.65. The van der Waals surface area contributed by atoms with Crippen molar-refractivity contribution in [2.75, 3.05) is 0 Å². The normalized spacial score (nSPS) is 29.0. The molecular formula is C38H22N4O6. The van der Waals surface area contributed by atoms with Crippen LogP contribution in [0.4, 0.5) is 0 Å². The standard InChI is InChI=1S/C38H22N4O6/c43-33-15-3-5-17(35(33)45)29-23-11-25-31-19-7-8-20(38(48)37(19)47)32(31)26(42-25)12-24-30-18-6-4-16(34(44)36(18)46)28(30)22(41-24)10-14-2-1-13(39-14)9-21(40-23)27(15)29/h1-3,5,7-12,15-20,39,41H,4,6H2/t15-,16?,17?,18?,19?,20-/m1/s1. The lowest BCUT2D eigenvalue weighted by Crippen LogP contribution is -2.38. The molecule has 0 radical (unpaired) electrons. The van der Waals surface area contributed by atoms with Crippen LogP contribution >= 0.6 is 0 Å². The maximum absolute atomic E-state index is 13.2. The molecule has 48 heavy (non-hydrogen) atoms. The van der Waals surface area contributed by atoms with Gasteiger partial charge in [0, 0.05) is 22.1 Å². The molecule has 3 aromatic heterocycles. The Morgan fingerprint density at radius 3 is 1.33 bits per heavy atom. The van der Waals surface area contributed by atoms with Gasteiger partial charge in [0.25, 0.3) is 0 Å². The van der Waals surface area contributed by atoms with Gasteiger partial charge >= 0.3 is 0 Å². The van der Waals surface area contributed by atoms with Gasteiger partial charge in [-0.15, -0.1) is 0 Å². The summed E-state index contributed by atoms with van der Waals surface area (Å²) >= 11 is 0. The molecule has 11 aliphatic rings. The highest BCUT2D eigenvalue weighted by Crippen LogP contribution is 2.53. The Bertz CT molecular complexity index is 2570. The maximum Gasteiger partial charge on any atom is 0.210 e. The number of nitrogens with zero attached hydrogens (tertiary/aromatic N) is 2. The minimum absolute atomic E-state index is 0.364. The van der Waals surface area contributed by atoms with Crippen LogP contribution in [-0.4, -0.2) is 54.6 Å². The van der Waals surface area contributed by atoms with Crippen molar-refractivity contribution in [3.8, 4) is 0 Å². The molecule has 1 saturated carbocycles. The fraction of sp³-hybridized carbons (Fsp3) is 0.211. The first-order valence-corrected chi connectivity index (χ1v) is 16.1. The molecule has 2 N–H and O–H groups in total. The van der Waals surface area contributed by atoms with Crippen molar-refractivity contribution in [1.82, 2.24) is 19.9 Å². The average molecular weight is 631 g/mol. The predicted octanol–water partition coefficient (Wildman–Crippen LogP) is 4.16. The Balaban J connectivity index is 1.28. The zero-order chi connectivity index (χ0) is 32.3. The van der Waals surface area contributed by atoms with Crippen LogP contribution in [0.1, 0.15) is 58.6 Å². The van der Waals surface area contributed by atoms with Crippen molar-refractivity contribution in [3.05, 3.63) is 94.6 Å². The van der Waals surface area contributed by atoms with Gasteiger partial charge in [0.05, 0.1) is 58.3 Å². The first-order chi connectivity index (χ1) is 23.3. The summed E-state index contributed by atoms with van der Waals surface area (Å²) in [5.41, 5.74) is 9.01. The van der Waals surface area contributed by atoms with E-state index in [2.05, 4.69) is 9.97 Å². The quantitative estimate of drug-likeness (QED) is 0.277. The predicted molar refractivity (Wildman–Crippen MR) is 172 cm³/mol. The molecule has 0 saturated heterocycles. The number of nitrogens with one attached hydrogen (secondary N) is 2. The van der Waals surface area contributed by atoms with Crippen molar-refractivity contribution in [2.24, 2.45) is 23.7 Å². The number of hydrogen-bond donors (Lipinski definition) is 2. The van der Waals surface area contributed by atoms with Crippen LogP contribution in [0.5, 0.6) is 0 Å². The number of carbonyl (C=O) groups excluding carboxylic acids is 6. The molecule has 14 rings (SSSR count).